The Morgan fingerprint density at radius 3 is 2.84 bits per heavy atom. The van der Waals surface area contributed by atoms with Crippen LogP contribution in [0.15, 0.2) is 22.7 Å². The lowest BCUT2D eigenvalue weighted by Gasteiger charge is -2.30. The Balaban J connectivity index is 1.68. The van der Waals surface area contributed by atoms with Gasteiger partial charge >= 0.3 is 0 Å². The molecule has 1 aliphatic heterocycles. The average Bonchev–Trinajstić information content (AvgIpc) is 2.40. The molecule has 1 N–H and O–H groups in total. The van der Waals surface area contributed by atoms with Crippen LogP contribution in [0, 0.1) is 5.92 Å². The number of nitrogens with zero attached hydrogens (tertiary/aromatic N) is 1. The molecule has 1 aromatic carbocycles. The van der Waals surface area contributed by atoms with Crippen molar-refractivity contribution in [3.8, 4) is 0 Å². The van der Waals surface area contributed by atoms with E-state index in [2.05, 4.69) is 39.1 Å². The molecule has 0 amide bonds. The second-order valence-electron chi connectivity index (χ2n) is 5.44. The SMILES string of the molecule is CC1CCN(CCNCc2cc(Br)ccc2Cl)CC1. The molecule has 106 valence electrons. The quantitative estimate of drug-likeness (QED) is 0.814. The van der Waals surface area contributed by atoms with Crippen LogP contribution in [0.3, 0.4) is 0 Å². The van der Waals surface area contributed by atoms with Crippen LogP contribution in [0.2, 0.25) is 5.02 Å². The van der Waals surface area contributed by atoms with Crippen molar-refractivity contribution in [2.45, 2.75) is 26.3 Å². The van der Waals surface area contributed by atoms with Gasteiger partial charge in [-0.2, -0.15) is 0 Å². The van der Waals surface area contributed by atoms with E-state index in [0.717, 1.165) is 40.6 Å². The zero-order valence-corrected chi connectivity index (χ0v) is 13.8. The predicted octanol–water partition coefficient (Wildman–Crippen LogP) is 3.92. The molecular formula is C15H22BrClN2. The molecule has 19 heavy (non-hydrogen) atoms. The number of likely N-dealkylation sites (tertiary alicyclic amines) is 1. The van der Waals surface area contributed by atoms with Gasteiger partial charge in [0.05, 0.1) is 0 Å². The van der Waals surface area contributed by atoms with Crippen molar-refractivity contribution >= 4 is 27.5 Å². The third-order valence-electron chi connectivity index (χ3n) is 3.80. The summed E-state index contributed by atoms with van der Waals surface area (Å²) in [6.45, 7) is 7.85. The van der Waals surface area contributed by atoms with Gasteiger partial charge in [-0.15, -0.1) is 0 Å². The standard InChI is InChI=1S/C15H22BrClN2/c1-12-4-7-19(8-5-12)9-6-18-11-13-10-14(16)2-3-15(13)17/h2-3,10,12,18H,4-9,11H2,1H3. The number of halogens is 2. The molecule has 0 bridgehead atoms. The molecule has 2 rings (SSSR count). The van der Waals surface area contributed by atoms with E-state index in [-0.39, 0.29) is 0 Å². The van der Waals surface area contributed by atoms with Gasteiger partial charge in [-0.1, -0.05) is 34.5 Å². The highest BCUT2D eigenvalue weighted by Crippen LogP contribution is 2.20. The minimum Gasteiger partial charge on any atom is -0.311 e. The highest BCUT2D eigenvalue weighted by molar-refractivity contribution is 9.10. The second-order valence-corrected chi connectivity index (χ2v) is 6.76. The first-order valence-corrected chi connectivity index (χ1v) is 8.19. The number of hydrogen-bond donors (Lipinski definition) is 1. The van der Waals surface area contributed by atoms with Gasteiger partial charge in [0.25, 0.3) is 0 Å². The summed E-state index contributed by atoms with van der Waals surface area (Å²) in [7, 11) is 0. The summed E-state index contributed by atoms with van der Waals surface area (Å²) < 4.78 is 1.08. The van der Waals surface area contributed by atoms with E-state index in [9.17, 15) is 0 Å². The van der Waals surface area contributed by atoms with Crippen molar-refractivity contribution in [3.05, 3.63) is 33.3 Å². The van der Waals surface area contributed by atoms with Crippen LogP contribution in [0.25, 0.3) is 0 Å². The molecule has 1 saturated heterocycles. The number of benzene rings is 1. The smallest absolute Gasteiger partial charge is 0.0451 e. The van der Waals surface area contributed by atoms with Crippen LogP contribution < -0.4 is 5.32 Å². The van der Waals surface area contributed by atoms with Crippen molar-refractivity contribution < 1.29 is 0 Å². The van der Waals surface area contributed by atoms with Gasteiger partial charge < -0.3 is 10.2 Å². The minimum atomic E-state index is 0.836. The van der Waals surface area contributed by atoms with Crippen LogP contribution in [0.4, 0.5) is 0 Å². The number of nitrogens with one attached hydrogen (secondary N) is 1. The normalized spacial score (nSPS) is 17.8. The van der Waals surface area contributed by atoms with E-state index in [4.69, 9.17) is 11.6 Å². The zero-order valence-electron chi connectivity index (χ0n) is 11.5. The van der Waals surface area contributed by atoms with Gasteiger partial charge in [0.2, 0.25) is 0 Å². The van der Waals surface area contributed by atoms with Crippen molar-refractivity contribution in [2.75, 3.05) is 26.2 Å². The summed E-state index contributed by atoms with van der Waals surface area (Å²) in [5.41, 5.74) is 1.16. The lowest BCUT2D eigenvalue weighted by Crippen LogP contribution is -2.37. The summed E-state index contributed by atoms with van der Waals surface area (Å²) >= 11 is 9.65. The number of hydrogen-bond acceptors (Lipinski definition) is 2. The molecule has 1 aliphatic rings. The Hall–Kier alpha value is -0.0900. The summed E-state index contributed by atoms with van der Waals surface area (Å²) in [5, 5.41) is 4.32. The topological polar surface area (TPSA) is 15.3 Å². The maximum Gasteiger partial charge on any atom is 0.0451 e. The lowest BCUT2D eigenvalue weighted by molar-refractivity contribution is 0.193. The Morgan fingerprint density at radius 1 is 1.37 bits per heavy atom. The molecular weight excluding hydrogens is 324 g/mol. The molecule has 0 saturated carbocycles. The van der Waals surface area contributed by atoms with Gasteiger partial charge in [0.1, 0.15) is 0 Å². The monoisotopic (exact) mass is 344 g/mol. The maximum atomic E-state index is 6.17. The largest absolute Gasteiger partial charge is 0.311 e. The molecule has 1 aromatic rings. The highest BCUT2D eigenvalue weighted by atomic mass is 79.9. The van der Waals surface area contributed by atoms with E-state index in [1.807, 2.05) is 12.1 Å². The summed E-state index contributed by atoms with van der Waals surface area (Å²) in [6.07, 6.45) is 2.69. The fraction of sp³-hybridized carbons (Fsp3) is 0.600. The van der Waals surface area contributed by atoms with Crippen LogP contribution in [-0.2, 0) is 6.54 Å². The van der Waals surface area contributed by atoms with Crippen molar-refractivity contribution in [2.24, 2.45) is 5.92 Å². The molecule has 0 unspecified atom stereocenters. The van der Waals surface area contributed by atoms with Gasteiger partial charge in [0, 0.05) is 29.1 Å². The second kappa shape index (κ2) is 7.63. The Morgan fingerprint density at radius 2 is 2.11 bits per heavy atom. The highest BCUT2D eigenvalue weighted by Gasteiger charge is 2.14. The van der Waals surface area contributed by atoms with E-state index in [1.165, 1.54) is 25.9 Å². The van der Waals surface area contributed by atoms with E-state index in [1.54, 1.807) is 0 Å². The molecule has 0 spiro atoms. The zero-order chi connectivity index (χ0) is 13.7. The fourth-order valence-electron chi connectivity index (χ4n) is 2.42. The van der Waals surface area contributed by atoms with Gasteiger partial charge in [-0.25, -0.2) is 0 Å². The molecule has 0 aliphatic carbocycles. The molecule has 4 heteroatoms. The van der Waals surface area contributed by atoms with Crippen molar-refractivity contribution in [1.82, 2.24) is 10.2 Å². The maximum absolute atomic E-state index is 6.17. The first kappa shape index (κ1) is 15.3. The Bertz CT molecular complexity index is 403. The molecule has 0 radical (unpaired) electrons. The number of piperidine rings is 1. The lowest BCUT2D eigenvalue weighted by atomic mass is 9.99. The van der Waals surface area contributed by atoms with E-state index >= 15 is 0 Å². The molecule has 1 fully saturated rings. The van der Waals surface area contributed by atoms with Gasteiger partial charge in [-0.3, -0.25) is 0 Å². The first-order chi connectivity index (χ1) is 9.15. The Labute approximate surface area is 129 Å². The molecule has 0 atom stereocenters. The van der Waals surface area contributed by atoms with E-state index < -0.39 is 0 Å². The Kier molecular flexibility index (Phi) is 6.14. The van der Waals surface area contributed by atoms with Crippen molar-refractivity contribution in [3.63, 3.8) is 0 Å². The third-order valence-corrected chi connectivity index (χ3v) is 4.67. The summed E-state index contributed by atoms with van der Waals surface area (Å²) in [6, 6.07) is 5.99. The fourth-order valence-corrected chi connectivity index (χ4v) is 3.02. The molecule has 1 heterocycles. The van der Waals surface area contributed by atoms with E-state index in [0.29, 0.717) is 0 Å². The van der Waals surface area contributed by atoms with Crippen molar-refractivity contribution in [1.29, 1.82) is 0 Å². The number of rotatable bonds is 5. The summed E-state index contributed by atoms with van der Waals surface area (Å²) in [5.74, 6) is 0.907. The van der Waals surface area contributed by atoms with Crippen LogP contribution in [0.1, 0.15) is 25.3 Å². The van der Waals surface area contributed by atoms with Gasteiger partial charge in [-0.05, 0) is 55.6 Å². The third kappa shape index (κ3) is 5.07. The van der Waals surface area contributed by atoms with Crippen LogP contribution in [0.5, 0.6) is 0 Å². The average molecular weight is 346 g/mol. The summed E-state index contributed by atoms with van der Waals surface area (Å²) in [4.78, 5) is 2.55. The van der Waals surface area contributed by atoms with Crippen LogP contribution in [-0.4, -0.2) is 31.1 Å². The molecule has 2 nitrogen and oxygen atoms in total. The van der Waals surface area contributed by atoms with Crippen LogP contribution >= 0.6 is 27.5 Å². The molecule has 0 aromatic heterocycles. The predicted molar refractivity (Wildman–Crippen MR) is 85.7 cm³/mol. The van der Waals surface area contributed by atoms with Gasteiger partial charge in [0.15, 0.2) is 0 Å². The minimum absolute atomic E-state index is 0.836. The first-order valence-electron chi connectivity index (χ1n) is 7.02.